The molecule has 0 amide bonds. The first-order chi connectivity index (χ1) is 11.7. The lowest BCUT2D eigenvalue weighted by Crippen LogP contribution is -2.45. The fourth-order valence-electron chi connectivity index (χ4n) is 2.90. The number of likely N-dealkylation sites (N-methyl/N-ethyl adjacent to an activating group) is 1. The van der Waals surface area contributed by atoms with Crippen LogP contribution in [0.5, 0.6) is 0 Å². The summed E-state index contributed by atoms with van der Waals surface area (Å²) in [5, 5.41) is 3.14. The van der Waals surface area contributed by atoms with Crippen molar-refractivity contribution in [1.29, 1.82) is 0 Å². The van der Waals surface area contributed by atoms with Crippen LogP contribution in [0.3, 0.4) is 0 Å². The molecule has 1 aromatic carbocycles. The second-order valence-corrected chi connectivity index (χ2v) is 6.51. The minimum Gasteiger partial charge on any atom is -0.370 e. The van der Waals surface area contributed by atoms with E-state index in [1.54, 1.807) is 0 Å². The second kappa shape index (κ2) is 10.3. The van der Waals surface area contributed by atoms with E-state index in [1.807, 2.05) is 0 Å². The van der Waals surface area contributed by atoms with Crippen LogP contribution < -0.4 is 11.1 Å². The van der Waals surface area contributed by atoms with Crippen molar-refractivity contribution in [1.82, 2.24) is 15.1 Å². The molecule has 0 bridgehead atoms. The summed E-state index contributed by atoms with van der Waals surface area (Å²) in [4.78, 5) is 9.44. The number of aliphatic imine (C=N–C) groups is 1. The number of guanidine groups is 1. The Morgan fingerprint density at radius 3 is 2.29 bits per heavy atom. The first-order valence-corrected chi connectivity index (χ1v) is 9.27. The van der Waals surface area contributed by atoms with Gasteiger partial charge in [-0.2, -0.15) is 0 Å². The van der Waals surface area contributed by atoms with Crippen LogP contribution in [0.4, 0.5) is 0 Å². The van der Waals surface area contributed by atoms with E-state index in [1.165, 1.54) is 43.9 Å². The third kappa shape index (κ3) is 6.49. The molecule has 5 heteroatoms. The smallest absolute Gasteiger partial charge is 0.188 e. The molecule has 1 aliphatic rings. The van der Waals surface area contributed by atoms with Gasteiger partial charge in [-0.25, -0.2) is 4.99 Å². The number of nitrogens with zero attached hydrogens (tertiary/aromatic N) is 3. The fraction of sp³-hybridized carbons (Fsp3) is 0.632. The molecule has 1 aliphatic heterocycles. The molecule has 1 fully saturated rings. The highest BCUT2D eigenvalue weighted by Gasteiger charge is 2.15. The first-order valence-electron chi connectivity index (χ1n) is 9.27. The quantitative estimate of drug-likeness (QED) is 0.435. The minimum absolute atomic E-state index is 0.543. The summed E-state index contributed by atoms with van der Waals surface area (Å²) in [6.07, 6.45) is 2.28. The maximum absolute atomic E-state index is 5.87. The van der Waals surface area contributed by atoms with Gasteiger partial charge < -0.3 is 16.0 Å². The van der Waals surface area contributed by atoms with Crippen molar-refractivity contribution in [2.75, 3.05) is 39.3 Å². The van der Waals surface area contributed by atoms with Crippen molar-refractivity contribution in [3.63, 3.8) is 0 Å². The number of hydrogen-bond acceptors (Lipinski definition) is 3. The third-order valence-electron chi connectivity index (χ3n) is 4.61. The summed E-state index contributed by atoms with van der Waals surface area (Å²) in [5.41, 5.74) is 8.45. The van der Waals surface area contributed by atoms with E-state index in [4.69, 9.17) is 5.73 Å². The SMILES string of the molecule is CCCCNC(N)=NCc1ccc(CN2CCN(CC)CC2)cc1. The highest BCUT2D eigenvalue weighted by molar-refractivity contribution is 5.77. The van der Waals surface area contributed by atoms with E-state index in [0.29, 0.717) is 12.5 Å². The van der Waals surface area contributed by atoms with E-state index < -0.39 is 0 Å². The molecule has 3 N–H and O–H groups in total. The molecule has 0 aliphatic carbocycles. The van der Waals surface area contributed by atoms with Gasteiger partial charge in [-0.1, -0.05) is 44.5 Å². The number of unbranched alkanes of at least 4 members (excludes halogenated alkanes) is 1. The highest BCUT2D eigenvalue weighted by Crippen LogP contribution is 2.10. The third-order valence-corrected chi connectivity index (χ3v) is 4.61. The lowest BCUT2D eigenvalue weighted by molar-refractivity contribution is 0.132. The summed E-state index contributed by atoms with van der Waals surface area (Å²) in [6.45, 7) is 12.9. The molecule has 1 aromatic rings. The highest BCUT2D eigenvalue weighted by atomic mass is 15.3. The van der Waals surface area contributed by atoms with Gasteiger partial charge in [-0.15, -0.1) is 0 Å². The van der Waals surface area contributed by atoms with Gasteiger partial charge in [0.05, 0.1) is 6.54 Å². The van der Waals surface area contributed by atoms with Gasteiger partial charge in [0.1, 0.15) is 0 Å². The van der Waals surface area contributed by atoms with Crippen molar-refractivity contribution in [2.24, 2.45) is 10.7 Å². The van der Waals surface area contributed by atoms with Crippen molar-refractivity contribution in [3.8, 4) is 0 Å². The Morgan fingerprint density at radius 1 is 1.04 bits per heavy atom. The Kier molecular flexibility index (Phi) is 8.05. The van der Waals surface area contributed by atoms with Gasteiger partial charge >= 0.3 is 0 Å². The van der Waals surface area contributed by atoms with Crippen LogP contribution in [0.15, 0.2) is 29.3 Å². The zero-order chi connectivity index (χ0) is 17.2. The zero-order valence-electron chi connectivity index (χ0n) is 15.3. The lowest BCUT2D eigenvalue weighted by Gasteiger charge is -2.34. The van der Waals surface area contributed by atoms with E-state index in [0.717, 1.165) is 25.9 Å². The van der Waals surface area contributed by atoms with E-state index in [9.17, 15) is 0 Å². The molecule has 24 heavy (non-hydrogen) atoms. The number of piperazine rings is 1. The topological polar surface area (TPSA) is 56.9 Å². The molecule has 5 nitrogen and oxygen atoms in total. The van der Waals surface area contributed by atoms with Crippen LogP contribution in [0.2, 0.25) is 0 Å². The molecule has 0 atom stereocenters. The maximum Gasteiger partial charge on any atom is 0.188 e. The van der Waals surface area contributed by atoms with Crippen molar-refractivity contribution >= 4 is 5.96 Å². The van der Waals surface area contributed by atoms with Crippen LogP contribution in [0.25, 0.3) is 0 Å². The summed E-state index contributed by atoms with van der Waals surface area (Å²) in [6, 6.07) is 8.77. The maximum atomic E-state index is 5.87. The van der Waals surface area contributed by atoms with Crippen LogP contribution in [-0.2, 0) is 13.1 Å². The number of nitrogens with one attached hydrogen (secondary N) is 1. The molecule has 0 spiro atoms. The Labute approximate surface area is 146 Å². The summed E-state index contributed by atoms with van der Waals surface area (Å²) in [7, 11) is 0. The Hall–Kier alpha value is -1.59. The molecule has 1 saturated heterocycles. The minimum atomic E-state index is 0.543. The summed E-state index contributed by atoms with van der Waals surface area (Å²) in [5.74, 6) is 0.543. The van der Waals surface area contributed by atoms with Crippen molar-refractivity contribution < 1.29 is 0 Å². The van der Waals surface area contributed by atoms with E-state index in [2.05, 4.69) is 58.2 Å². The number of rotatable bonds is 8. The molecule has 0 radical (unpaired) electrons. The standard InChI is InChI=1S/C19H33N5/c1-3-5-10-21-19(20)22-15-17-6-8-18(9-7-17)16-24-13-11-23(4-2)12-14-24/h6-9H,3-5,10-16H2,1-2H3,(H3,20,21,22). The van der Waals surface area contributed by atoms with Gasteiger partial charge in [0, 0.05) is 39.3 Å². The first kappa shape index (κ1) is 18.7. The zero-order valence-corrected chi connectivity index (χ0v) is 15.3. The Morgan fingerprint density at radius 2 is 1.67 bits per heavy atom. The molecule has 0 unspecified atom stereocenters. The average molecular weight is 332 g/mol. The van der Waals surface area contributed by atoms with Crippen LogP contribution in [0, 0.1) is 0 Å². The predicted octanol–water partition coefficient (Wildman–Crippen LogP) is 2.03. The van der Waals surface area contributed by atoms with Crippen LogP contribution in [0.1, 0.15) is 37.8 Å². The van der Waals surface area contributed by atoms with Crippen LogP contribution in [-0.4, -0.2) is 55.0 Å². The van der Waals surface area contributed by atoms with Gasteiger partial charge in [0.2, 0.25) is 0 Å². The Bertz CT molecular complexity index is 489. The van der Waals surface area contributed by atoms with Gasteiger partial charge in [-0.05, 0) is 24.1 Å². The molecule has 2 rings (SSSR count). The second-order valence-electron chi connectivity index (χ2n) is 6.51. The fourth-order valence-corrected chi connectivity index (χ4v) is 2.90. The summed E-state index contributed by atoms with van der Waals surface area (Å²) >= 11 is 0. The van der Waals surface area contributed by atoms with Gasteiger partial charge in [0.25, 0.3) is 0 Å². The molecular formula is C19H33N5. The van der Waals surface area contributed by atoms with Gasteiger partial charge in [0.15, 0.2) is 5.96 Å². The molecule has 134 valence electrons. The number of hydrogen-bond donors (Lipinski definition) is 2. The van der Waals surface area contributed by atoms with Crippen LogP contribution >= 0.6 is 0 Å². The molecule has 0 aromatic heterocycles. The summed E-state index contributed by atoms with van der Waals surface area (Å²) < 4.78 is 0. The largest absolute Gasteiger partial charge is 0.370 e. The monoisotopic (exact) mass is 331 g/mol. The van der Waals surface area contributed by atoms with Crippen molar-refractivity contribution in [2.45, 2.75) is 39.8 Å². The average Bonchev–Trinajstić information content (AvgIpc) is 2.62. The molecule has 1 heterocycles. The molecular weight excluding hydrogens is 298 g/mol. The van der Waals surface area contributed by atoms with Gasteiger partial charge in [-0.3, -0.25) is 4.90 Å². The van der Waals surface area contributed by atoms with E-state index in [-0.39, 0.29) is 0 Å². The number of nitrogens with two attached hydrogens (primary N) is 1. The van der Waals surface area contributed by atoms with Crippen molar-refractivity contribution in [3.05, 3.63) is 35.4 Å². The van der Waals surface area contributed by atoms with E-state index >= 15 is 0 Å². The lowest BCUT2D eigenvalue weighted by atomic mass is 10.1. The predicted molar refractivity (Wildman–Crippen MR) is 102 cm³/mol. The number of benzene rings is 1. The Balaban J connectivity index is 1.75. The molecule has 0 saturated carbocycles. The normalized spacial score (nSPS) is 17.2.